The molecular formula is C21H32IN5OS. The van der Waals surface area contributed by atoms with Crippen LogP contribution in [0.4, 0.5) is 0 Å². The zero-order valence-corrected chi connectivity index (χ0v) is 20.8. The number of thiophene rings is 1. The molecule has 0 saturated carbocycles. The first-order valence-electron chi connectivity index (χ1n) is 9.85. The quantitative estimate of drug-likeness (QED) is 0.324. The van der Waals surface area contributed by atoms with Gasteiger partial charge in [0.2, 0.25) is 0 Å². The number of methoxy groups -OCH3 is 1. The van der Waals surface area contributed by atoms with Crippen LogP contribution in [-0.2, 0) is 6.54 Å². The molecule has 0 bridgehead atoms. The fraction of sp³-hybridized carbons (Fsp3) is 0.524. The first-order chi connectivity index (χ1) is 13.6. The van der Waals surface area contributed by atoms with Crippen molar-refractivity contribution in [1.29, 1.82) is 0 Å². The van der Waals surface area contributed by atoms with Crippen LogP contribution in [0.1, 0.15) is 40.6 Å². The van der Waals surface area contributed by atoms with Gasteiger partial charge in [-0.2, -0.15) is 0 Å². The van der Waals surface area contributed by atoms with Gasteiger partial charge in [0.05, 0.1) is 25.4 Å². The van der Waals surface area contributed by atoms with Crippen molar-refractivity contribution in [3.05, 3.63) is 45.4 Å². The molecule has 1 saturated heterocycles. The van der Waals surface area contributed by atoms with Gasteiger partial charge >= 0.3 is 0 Å². The second kappa shape index (κ2) is 11.7. The highest BCUT2D eigenvalue weighted by Gasteiger charge is 2.24. The normalized spacial score (nSPS) is 15.7. The predicted molar refractivity (Wildman–Crippen MR) is 132 cm³/mol. The molecule has 29 heavy (non-hydrogen) atoms. The van der Waals surface area contributed by atoms with Crippen molar-refractivity contribution in [1.82, 2.24) is 20.5 Å². The van der Waals surface area contributed by atoms with Crippen LogP contribution in [0.2, 0.25) is 0 Å². The minimum Gasteiger partial charge on any atom is -0.496 e. The maximum absolute atomic E-state index is 5.51. The van der Waals surface area contributed by atoms with Crippen LogP contribution in [0.15, 0.2) is 28.7 Å². The molecule has 6 nitrogen and oxygen atoms in total. The van der Waals surface area contributed by atoms with Crippen LogP contribution in [-0.4, -0.2) is 49.6 Å². The summed E-state index contributed by atoms with van der Waals surface area (Å²) in [4.78, 5) is 12.9. The minimum absolute atomic E-state index is 0. The lowest BCUT2D eigenvalue weighted by atomic mass is 10.1. The average Bonchev–Trinajstić information content (AvgIpc) is 3.41. The summed E-state index contributed by atoms with van der Waals surface area (Å²) in [5, 5.41) is 9.06. The van der Waals surface area contributed by atoms with Crippen LogP contribution in [0.5, 0.6) is 5.75 Å². The van der Waals surface area contributed by atoms with E-state index in [0.717, 1.165) is 35.1 Å². The van der Waals surface area contributed by atoms with Crippen LogP contribution in [0, 0.1) is 13.8 Å². The summed E-state index contributed by atoms with van der Waals surface area (Å²) < 4.78 is 5.51. The van der Waals surface area contributed by atoms with E-state index in [2.05, 4.69) is 43.0 Å². The van der Waals surface area contributed by atoms with Crippen LogP contribution in [0.25, 0.3) is 0 Å². The molecule has 1 atom stereocenters. The van der Waals surface area contributed by atoms with E-state index in [9.17, 15) is 0 Å². The van der Waals surface area contributed by atoms with Gasteiger partial charge in [0, 0.05) is 35.8 Å². The zero-order chi connectivity index (χ0) is 19.9. The van der Waals surface area contributed by atoms with Crippen molar-refractivity contribution in [2.24, 2.45) is 4.99 Å². The third-order valence-electron chi connectivity index (χ3n) is 5.31. The molecule has 0 amide bonds. The van der Waals surface area contributed by atoms with Crippen molar-refractivity contribution in [2.45, 2.75) is 39.3 Å². The fourth-order valence-corrected chi connectivity index (χ4v) is 4.64. The smallest absolute Gasteiger partial charge is 0.191 e. The molecule has 1 aliphatic rings. The van der Waals surface area contributed by atoms with E-state index in [0.29, 0.717) is 12.6 Å². The number of aromatic nitrogens is 1. The lowest BCUT2D eigenvalue weighted by Gasteiger charge is -2.27. The molecule has 2 aromatic heterocycles. The standard InChI is InChI=1S/C21H31N5OS.HI/c1-15-12-23-17(16(2)20(15)27-4)13-24-21(22-3)25-14-18(19-8-7-11-28-19)26-9-5-6-10-26;/h7-8,11-12,18H,5-6,9-10,13-14H2,1-4H3,(H2,22,24,25);1H. The molecule has 0 spiro atoms. The summed E-state index contributed by atoms with van der Waals surface area (Å²) in [6.45, 7) is 7.84. The number of halogens is 1. The molecule has 2 aromatic rings. The monoisotopic (exact) mass is 529 g/mol. The number of nitrogens with zero attached hydrogens (tertiary/aromatic N) is 3. The van der Waals surface area contributed by atoms with E-state index < -0.39 is 0 Å². The number of aliphatic imine (C=N–C) groups is 1. The molecule has 1 aliphatic heterocycles. The van der Waals surface area contributed by atoms with Gasteiger partial charge < -0.3 is 15.4 Å². The number of hydrogen-bond acceptors (Lipinski definition) is 5. The average molecular weight is 529 g/mol. The Labute approximate surface area is 195 Å². The highest BCUT2D eigenvalue weighted by molar-refractivity contribution is 14.0. The molecule has 3 heterocycles. The summed E-state index contributed by atoms with van der Waals surface area (Å²) in [5.41, 5.74) is 3.09. The van der Waals surface area contributed by atoms with E-state index in [1.807, 2.05) is 31.4 Å². The van der Waals surface area contributed by atoms with Gasteiger partial charge in [-0.05, 0) is 51.2 Å². The van der Waals surface area contributed by atoms with Crippen molar-refractivity contribution in [3.8, 4) is 5.75 Å². The van der Waals surface area contributed by atoms with Crippen LogP contribution < -0.4 is 15.4 Å². The Morgan fingerprint density at radius 3 is 2.69 bits per heavy atom. The molecule has 1 fully saturated rings. The van der Waals surface area contributed by atoms with Crippen molar-refractivity contribution in [2.75, 3.05) is 33.8 Å². The minimum atomic E-state index is 0. The number of likely N-dealkylation sites (tertiary alicyclic amines) is 1. The van der Waals surface area contributed by atoms with E-state index in [1.165, 1.54) is 30.8 Å². The van der Waals surface area contributed by atoms with Crippen LogP contribution in [0.3, 0.4) is 0 Å². The zero-order valence-electron chi connectivity index (χ0n) is 17.7. The number of nitrogens with one attached hydrogen (secondary N) is 2. The Bertz CT molecular complexity index is 791. The topological polar surface area (TPSA) is 61.8 Å². The van der Waals surface area contributed by atoms with Gasteiger partial charge in [0.25, 0.3) is 0 Å². The summed E-state index contributed by atoms with van der Waals surface area (Å²) in [6.07, 6.45) is 4.43. The molecule has 0 aliphatic carbocycles. The highest BCUT2D eigenvalue weighted by Crippen LogP contribution is 2.28. The van der Waals surface area contributed by atoms with Gasteiger partial charge in [0.1, 0.15) is 5.75 Å². The number of pyridine rings is 1. The predicted octanol–water partition coefficient (Wildman–Crippen LogP) is 3.89. The number of ether oxygens (including phenoxy) is 1. The molecular weight excluding hydrogens is 497 g/mol. The van der Waals surface area contributed by atoms with Gasteiger partial charge in [-0.15, -0.1) is 35.3 Å². The largest absolute Gasteiger partial charge is 0.496 e. The fourth-order valence-electron chi connectivity index (χ4n) is 3.77. The number of rotatable bonds is 7. The van der Waals surface area contributed by atoms with Crippen molar-refractivity contribution in [3.63, 3.8) is 0 Å². The molecule has 2 N–H and O–H groups in total. The Morgan fingerprint density at radius 1 is 1.31 bits per heavy atom. The maximum Gasteiger partial charge on any atom is 0.191 e. The van der Waals surface area contributed by atoms with E-state index in [4.69, 9.17) is 4.74 Å². The molecule has 160 valence electrons. The lowest BCUT2D eigenvalue weighted by Crippen LogP contribution is -2.42. The number of aryl methyl sites for hydroxylation is 1. The summed E-state index contributed by atoms with van der Waals surface area (Å²) in [7, 11) is 3.51. The lowest BCUT2D eigenvalue weighted by molar-refractivity contribution is 0.249. The molecule has 8 heteroatoms. The first-order valence-corrected chi connectivity index (χ1v) is 10.7. The van der Waals surface area contributed by atoms with Gasteiger partial charge in [-0.25, -0.2) is 0 Å². The highest BCUT2D eigenvalue weighted by atomic mass is 127. The Morgan fingerprint density at radius 2 is 2.07 bits per heavy atom. The number of hydrogen-bond donors (Lipinski definition) is 2. The Kier molecular flexibility index (Phi) is 9.64. The summed E-state index contributed by atoms with van der Waals surface area (Å²) >= 11 is 1.83. The Hall–Kier alpha value is -1.39. The molecule has 1 unspecified atom stereocenters. The van der Waals surface area contributed by atoms with E-state index in [-0.39, 0.29) is 24.0 Å². The van der Waals surface area contributed by atoms with Gasteiger partial charge in [-0.1, -0.05) is 6.07 Å². The first kappa shape index (κ1) is 23.9. The van der Waals surface area contributed by atoms with Gasteiger partial charge in [0.15, 0.2) is 5.96 Å². The Balaban J connectivity index is 0.00000300. The van der Waals surface area contributed by atoms with Gasteiger partial charge in [-0.3, -0.25) is 14.9 Å². The maximum atomic E-state index is 5.51. The van der Waals surface area contributed by atoms with E-state index >= 15 is 0 Å². The third kappa shape index (κ3) is 6.05. The summed E-state index contributed by atoms with van der Waals surface area (Å²) in [5.74, 6) is 1.70. The molecule has 3 rings (SSSR count). The summed E-state index contributed by atoms with van der Waals surface area (Å²) in [6, 6.07) is 4.76. The SMILES string of the molecule is CN=C(NCc1ncc(C)c(OC)c1C)NCC(c1cccs1)N1CCCC1.I. The second-order valence-electron chi connectivity index (χ2n) is 7.13. The number of guanidine groups is 1. The van der Waals surface area contributed by atoms with Crippen molar-refractivity contribution < 1.29 is 4.74 Å². The second-order valence-corrected chi connectivity index (χ2v) is 8.11. The van der Waals surface area contributed by atoms with E-state index in [1.54, 1.807) is 14.2 Å². The van der Waals surface area contributed by atoms with Crippen LogP contribution >= 0.6 is 35.3 Å². The van der Waals surface area contributed by atoms with Crippen molar-refractivity contribution >= 4 is 41.3 Å². The third-order valence-corrected chi connectivity index (χ3v) is 6.29. The molecule has 0 radical (unpaired) electrons. The molecule has 0 aromatic carbocycles.